The van der Waals surface area contributed by atoms with Crippen LogP contribution in [0.25, 0.3) is 0 Å². The second-order valence-electron chi connectivity index (χ2n) is 6.92. The van der Waals surface area contributed by atoms with Crippen molar-refractivity contribution in [2.75, 3.05) is 18.6 Å². The predicted molar refractivity (Wildman–Crippen MR) is 106 cm³/mol. The van der Waals surface area contributed by atoms with E-state index in [0.717, 1.165) is 12.2 Å². The van der Waals surface area contributed by atoms with Gasteiger partial charge in [0, 0.05) is 13.5 Å². The zero-order valence-corrected chi connectivity index (χ0v) is 17.1. The molecule has 1 N–H and O–H groups in total. The smallest absolute Gasteiger partial charge is 0.158 e. The summed E-state index contributed by atoms with van der Waals surface area (Å²) < 4.78 is 16.5. The van der Waals surface area contributed by atoms with Gasteiger partial charge in [-0.2, -0.15) is 0 Å². The molecule has 0 amide bonds. The molecule has 0 aliphatic carbocycles. The van der Waals surface area contributed by atoms with Gasteiger partial charge in [0.1, 0.15) is 11.5 Å². The van der Waals surface area contributed by atoms with E-state index >= 15 is 0 Å². The zero-order valence-electron chi connectivity index (χ0n) is 16.3. The number of hydrogen-bond acceptors (Lipinski definition) is 3. The molecule has 146 valence electrons. The Bertz CT molecular complexity index is 239. The van der Waals surface area contributed by atoms with Crippen molar-refractivity contribution in [1.29, 1.82) is 0 Å². The molecule has 0 aliphatic rings. The molecule has 0 aromatic rings. The maximum absolute atomic E-state index is 11.7. The van der Waals surface area contributed by atoms with E-state index in [1.807, 2.05) is 0 Å². The van der Waals surface area contributed by atoms with Crippen LogP contribution in [0.2, 0.25) is 0 Å². The van der Waals surface area contributed by atoms with Crippen molar-refractivity contribution >= 4 is 11.2 Å². The quantitative estimate of drug-likeness (QED) is 0.186. The molecule has 0 spiro atoms. The van der Waals surface area contributed by atoms with E-state index in [-0.39, 0.29) is 0 Å². The van der Waals surface area contributed by atoms with Crippen LogP contribution in [0.5, 0.6) is 0 Å². The lowest BCUT2D eigenvalue weighted by Crippen LogP contribution is -2.18. The Morgan fingerprint density at radius 3 is 1.58 bits per heavy atom. The van der Waals surface area contributed by atoms with E-state index in [0.29, 0.717) is 12.2 Å². The van der Waals surface area contributed by atoms with Gasteiger partial charge in [-0.1, -0.05) is 95.1 Å². The Morgan fingerprint density at radius 1 is 0.750 bits per heavy atom. The molecule has 0 bridgehead atoms. The van der Waals surface area contributed by atoms with E-state index in [1.165, 1.54) is 90.6 Å². The number of aliphatic hydroxyl groups is 1. The molecule has 0 radical (unpaired) electrons. The minimum atomic E-state index is -0.798. The maximum Gasteiger partial charge on any atom is 0.158 e. The molecule has 3 nitrogen and oxygen atoms in total. The Morgan fingerprint density at radius 2 is 1.17 bits per heavy atom. The summed E-state index contributed by atoms with van der Waals surface area (Å²) in [6.45, 7) is 2.27. The first-order chi connectivity index (χ1) is 11.7. The molecule has 0 saturated carbocycles. The molecule has 0 aromatic carbocycles. The number of aliphatic hydroxyl groups excluding tert-OH is 1. The first kappa shape index (κ1) is 24.2. The highest BCUT2D eigenvalue weighted by molar-refractivity contribution is 7.91. The molecule has 2 unspecified atom stereocenters. The summed E-state index contributed by atoms with van der Waals surface area (Å²) in [4.78, 5) is 0. The number of unbranched alkanes of at least 4 members (excludes halogenated alkanes) is 13. The number of hydrogen-bond donors (Lipinski definition) is 1. The normalized spacial score (nSPS) is 14.0. The molecule has 0 saturated heterocycles. The second kappa shape index (κ2) is 19.6. The molecule has 0 heterocycles. The van der Waals surface area contributed by atoms with Crippen LogP contribution in [-0.4, -0.2) is 34.6 Å². The lowest BCUT2D eigenvalue weighted by Gasteiger charge is -2.13. The third-order valence-electron chi connectivity index (χ3n) is 4.59. The highest BCUT2D eigenvalue weighted by Crippen LogP contribution is 2.13. The predicted octanol–water partition coefficient (Wildman–Crippen LogP) is 5.57. The van der Waals surface area contributed by atoms with Gasteiger partial charge in [0.25, 0.3) is 0 Å². The fraction of sp³-hybridized carbons (Fsp3) is 1.00. The van der Waals surface area contributed by atoms with Crippen LogP contribution < -0.4 is 0 Å². The van der Waals surface area contributed by atoms with Crippen LogP contribution in [0.1, 0.15) is 103 Å². The summed E-state index contributed by atoms with van der Waals surface area (Å²) in [5, 5.41) is 9.24. The highest BCUT2D eigenvalue weighted by Gasteiger charge is 2.09. The van der Waals surface area contributed by atoms with Crippen molar-refractivity contribution in [1.82, 2.24) is 0 Å². The van der Waals surface area contributed by atoms with Gasteiger partial charge in [0.2, 0.25) is 0 Å². The summed E-state index contributed by atoms with van der Waals surface area (Å²) in [5.41, 5.74) is 0. The molecular weight excluding hydrogens is 320 g/mol. The topological polar surface area (TPSA) is 52.5 Å². The largest absolute Gasteiger partial charge is 0.616 e. The van der Waals surface area contributed by atoms with E-state index < -0.39 is 17.5 Å². The fourth-order valence-electron chi connectivity index (χ4n) is 2.91. The molecule has 24 heavy (non-hydrogen) atoms. The van der Waals surface area contributed by atoms with Crippen LogP contribution in [0.3, 0.4) is 0 Å². The van der Waals surface area contributed by atoms with Crippen molar-refractivity contribution < 1.29 is 14.4 Å². The maximum atomic E-state index is 11.7. The lowest BCUT2D eigenvalue weighted by atomic mass is 10.0. The van der Waals surface area contributed by atoms with Gasteiger partial charge in [-0.15, -0.1) is 0 Å². The first-order valence-electron chi connectivity index (χ1n) is 10.3. The molecule has 0 aliphatic heterocycles. The van der Waals surface area contributed by atoms with E-state index in [1.54, 1.807) is 0 Å². The fourth-order valence-corrected chi connectivity index (χ4v) is 4.10. The highest BCUT2D eigenvalue weighted by atomic mass is 32.2. The van der Waals surface area contributed by atoms with Crippen molar-refractivity contribution in [2.24, 2.45) is 0 Å². The molecule has 0 fully saturated rings. The standard InChI is InChI=1S/C20H42O3S/c1-3-4-5-6-7-8-9-10-11-12-13-14-15-16-18-24(22)19-17-20(21)23-2/h20-21H,3-19H2,1-2H3. The van der Waals surface area contributed by atoms with E-state index in [4.69, 9.17) is 4.74 Å². The Balaban J connectivity index is 3.12. The number of ether oxygens (including phenoxy) is 1. The van der Waals surface area contributed by atoms with Crippen LogP contribution in [0.4, 0.5) is 0 Å². The first-order valence-corrected chi connectivity index (χ1v) is 11.7. The summed E-state index contributed by atoms with van der Waals surface area (Å²) in [6.07, 6.45) is 18.6. The van der Waals surface area contributed by atoms with Crippen molar-refractivity contribution in [3.05, 3.63) is 0 Å². The zero-order chi connectivity index (χ0) is 17.9. The summed E-state index contributed by atoms with van der Waals surface area (Å²) in [5.74, 6) is 1.32. The number of rotatable bonds is 19. The number of methoxy groups -OCH3 is 1. The monoisotopic (exact) mass is 362 g/mol. The van der Waals surface area contributed by atoms with E-state index in [9.17, 15) is 9.66 Å². The van der Waals surface area contributed by atoms with Gasteiger partial charge in [-0.25, -0.2) is 0 Å². The SMILES string of the molecule is CCCCCCCCCCCCCCCC[S+]([O-])CCC(O)OC. The molecule has 4 heteroatoms. The van der Waals surface area contributed by atoms with Gasteiger partial charge >= 0.3 is 0 Å². The van der Waals surface area contributed by atoms with Crippen LogP contribution in [0.15, 0.2) is 0 Å². The third kappa shape index (κ3) is 18.6. The molecule has 0 aromatic heterocycles. The molecular formula is C20H42O3S. The van der Waals surface area contributed by atoms with Gasteiger partial charge in [0.05, 0.1) is 0 Å². The lowest BCUT2D eigenvalue weighted by molar-refractivity contribution is -0.0742. The van der Waals surface area contributed by atoms with Gasteiger partial charge in [0.15, 0.2) is 6.29 Å². The van der Waals surface area contributed by atoms with Crippen molar-refractivity contribution in [2.45, 2.75) is 110 Å². The Hall–Kier alpha value is 0.230. The summed E-state index contributed by atoms with van der Waals surface area (Å²) >= 11 is -0.798. The van der Waals surface area contributed by atoms with Gasteiger partial charge < -0.3 is 14.4 Å². The van der Waals surface area contributed by atoms with Crippen molar-refractivity contribution in [3.8, 4) is 0 Å². The Kier molecular flexibility index (Phi) is 19.7. The average Bonchev–Trinajstić information content (AvgIpc) is 2.59. The summed E-state index contributed by atoms with van der Waals surface area (Å²) in [6, 6.07) is 0. The van der Waals surface area contributed by atoms with Crippen LogP contribution in [-0.2, 0) is 15.9 Å². The summed E-state index contributed by atoms with van der Waals surface area (Å²) in [7, 11) is 1.47. The second-order valence-corrected chi connectivity index (χ2v) is 8.62. The van der Waals surface area contributed by atoms with Crippen LogP contribution in [0, 0.1) is 0 Å². The van der Waals surface area contributed by atoms with Crippen LogP contribution >= 0.6 is 0 Å². The van der Waals surface area contributed by atoms with Gasteiger partial charge in [-0.05, 0) is 12.8 Å². The van der Waals surface area contributed by atoms with E-state index in [2.05, 4.69) is 6.92 Å². The Labute approximate surface area is 154 Å². The molecule has 2 atom stereocenters. The average molecular weight is 363 g/mol. The minimum Gasteiger partial charge on any atom is -0.616 e. The minimum absolute atomic E-state index is 0.474. The third-order valence-corrected chi connectivity index (χ3v) is 6.03. The van der Waals surface area contributed by atoms with Gasteiger partial charge in [-0.3, -0.25) is 0 Å². The molecule has 0 rings (SSSR count). The van der Waals surface area contributed by atoms with Crippen molar-refractivity contribution in [3.63, 3.8) is 0 Å².